The van der Waals surface area contributed by atoms with Crippen LogP contribution in [0.4, 0.5) is 5.69 Å². The van der Waals surface area contributed by atoms with Gasteiger partial charge in [-0.15, -0.1) is 0 Å². The van der Waals surface area contributed by atoms with E-state index in [1.807, 2.05) is 0 Å². The van der Waals surface area contributed by atoms with E-state index >= 15 is 0 Å². The van der Waals surface area contributed by atoms with E-state index in [1.54, 1.807) is 27.1 Å². The van der Waals surface area contributed by atoms with Crippen LogP contribution in [0.1, 0.15) is 15.9 Å². The molecule has 0 bridgehead atoms. The van der Waals surface area contributed by atoms with Crippen molar-refractivity contribution in [1.29, 1.82) is 0 Å². The molecule has 0 saturated heterocycles. The van der Waals surface area contributed by atoms with Crippen LogP contribution in [0.25, 0.3) is 0 Å². The molecule has 0 aliphatic carbocycles. The van der Waals surface area contributed by atoms with Gasteiger partial charge in [0.05, 0.1) is 4.92 Å². The number of nitro groups is 1. The van der Waals surface area contributed by atoms with E-state index in [9.17, 15) is 14.9 Å². The number of amides is 1. The van der Waals surface area contributed by atoms with Gasteiger partial charge in [-0.05, 0) is 18.6 Å². The molecule has 0 aliphatic heterocycles. The highest BCUT2D eigenvalue weighted by Gasteiger charge is 2.20. The molecular formula is C10H12N2O3. The molecule has 0 aliphatic rings. The molecule has 0 N–H and O–H groups in total. The largest absolute Gasteiger partial charge is 0.345 e. The average Bonchev–Trinajstić information content (AvgIpc) is 2.15. The second kappa shape index (κ2) is 4.08. The molecule has 1 amide bonds. The summed E-state index contributed by atoms with van der Waals surface area (Å²) in [5.41, 5.74) is 0.801. The first-order valence-corrected chi connectivity index (χ1v) is 4.40. The van der Waals surface area contributed by atoms with Gasteiger partial charge in [0.1, 0.15) is 5.56 Å². The van der Waals surface area contributed by atoms with E-state index < -0.39 is 4.92 Å². The van der Waals surface area contributed by atoms with Crippen LogP contribution in [0.15, 0.2) is 18.2 Å². The molecule has 1 rings (SSSR count). The van der Waals surface area contributed by atoms with Crippen LogP contribution in [0, 0.1) is 17.0 Å². The smallest absolute Gasteiger partial charge is 0.282 e. The third kappa shape index (κ3) is 2.31. The lowest BCUT2D eigenvalue weighted by Gasteiger charge is -2.10. The van der Waals surface area contributed by atoms with Crippen molar-refractivity contribution in [1.82, 2.24) is 4.90 Å². The van der Waals surface area contributed by atoms with Gasteiger partial charge >= 0.3 is 0 Å². The third-order valence-electron chi connectivity index (χ3n) is 1.99. The Hall–Kier alpha value is -1.91. The maximum atomic E-state index is 11.6. The summed E-state index contributed by atoms with van der Waals surface area (Å²) in [7, 11) is 3.13. The van der Waals surface area contributed by atoms with Crippen LogP contribution in [0.3, 0.4) is 0 Å². The van der Waals surface area contributed by atoms with E-state index in [0.29, 0.717) is 0 Å². The fourth-order valence-corrected chi connectivity index (χ4v) is 1.22. The summed E-state index contributed by atoms with van der Waals surface area (Å²) in [6.07, 6.45) is 0. The summed E-state index contributed by atoms with van der Waals surface area (Å²) in [6.45, 7) is 1.79. The first kappa shape index (κ1) is 11.2. The van der Waals surface area contributed by atoms with Crippen molar-refractivity contribution >= 4 is 11.6 Å². The van der Waals surface area contributed by atoms with Gasteiger partial charge in [-0.2, -0.15) is 0 Å². The van der Waals surface area contributed by atoms with Crippen molar-refractivity contribution in [3.8, 4) is 0 Å². The minimum absolute atomic E-state index is 0.130. The molecule has 1 aromatic carbocycles. The van der Waals surface area contributed by atoms with E-state index in [0.717, 1.165) is 5.56 Å². The molecule has 1 aromatic rings. The van der Waals surface area contributed by atoms with Gasteiger partial charge in [-0.1, -0.05) is 6.07 Å². The van der Waals surface area contributed by atoms with Crippen molar-refractivity contribution in [2.45, 2.75) is 6.92 Å². The predicted octanol–water partition coefficient (Wildman–Crippen LogP) is 1.61. The number of nitrogens with zero attached hydrogens (tertiary/aromatic N) is 2. The maximum absolute atomic E-state index is 11.6. The van der Waals surface area contributed by atoms with Gasteiger partial charge < -0.3 is 4.90 Å². The Bertz CT molecular complexity index is 413. The monoisotopic (exact) mass is 208 g/mol. The molecule has 80 valence electrons. The highest BCUT2D eigenvalue weighted by molar-refractivity contribution is 5.98. The zero-order valence-electron chi connectivity index (χ0n) is 8.85. The Morgan fingerprint density at radius 2 is 2.00 bits per heavy atom. The summed E-state index contributed by atoms with van der Waals surface area (Å²) in [6, 6.07) is 4.50. The normalized spacial score (nSPS) is 9.80. The highest BCUT2D eigenvalue weighted by atomic mass is 16.6. The van der Waals surface area contributed by atoms with Crippen LogP contribution in [-0.2, 0) is 0 Å². The summed E-state index contributed by atoms with van der Waals surface area (Å²) in [4.78, 5) is 23.1. The van der Waals surface area contributed by atoms with E-state index in [2.05, 4.69) is 0 Å². The van der Waals surface area contributed by atoms with Gasteiger partial charge in [0.2, 0.25) is 0 Å². The Kier molecular flexibility index (Phi) is 3.04. The zero-order chi connectivity index (χ0) is 11.6. The van der Waals surface area contributed by atoms with E-state index in [1.165, 1.54) is 17.0 Å². The van der Waals surface area contributed by atoms with Gasteiger partial charge in [0, 0.05) is 20.2 Å². The van der Waals surface area contributed by atoms with Crippen molar-refractivity contribution in [3.63, 3.8) is 0 Å². The van der Waals surface area contributed by atoms with Crippen LogP contribution in [0.2, 0.25) is 0 Å². The second-order valence-corrected chi connectivity index (χ2v) is 3.48. The molecule has 0 spiro atoms. The van der Waals surface area contributed by atoms with Gasteiger partial charge in [-0.25, -0.2) is 0 Å². The Labute approximate surface area is 87.5 Å². The number of carbonyl (C=O) groups excluding carboxylic acids is 1. The van der Waals surface area contributed by atoms with E-state index in [4.69, 9.17) is 0 Å². The molecule has 0 heterocycles. The zero-order valence-corrected chi connectivity index (χ0v) is 8.85. The molecule has 0 fully saturated rings. The molecule has 0 aromatic heterocycles. The number of nitro benzene ring substituents is 1. The maximum Gasteiger partial charge on any atom is 0.282 e. The lowest BCUT2D eigenvalue weighted by atomic mass is 10.1. The Morgan fingerprint density at radius 3 is 2.47 bits per heavy atom. The molecule has 0 unspecified atom stereocenters. The number of hydrogen-bond acceptors (Lipinski definition) is 3. The number of rotatable bonds is 2. The lowest BCUT2D eigenvalue weighted by Crippen LogP contribution is -2.22. The van der Waals surface area contributed by atoms with Crippen LogP contribution >= 0.6 is 0 Å². The molecule has 15 heavy (non-hydrogen) atoms. The minimum Gasteiger partial charge on any atom is -0.345 e. The van der Waals surface area contributed by atoms with Gasteiger partial charge in [-0.3, -0.25) is 14.9 Å². The summed E-state index contributed by atoms with van der Waals surface area (Å²) >= 11 is 0. The SMILES string of the molecule is Cc1ccc([N+](=O)[O-])c(C(=O)N(C)C)c1. The van der Waals surface area contributed by atoms with Crippen LogP contribution < -0.4 is 0 Å². The quantitative estimate of drug-likeness (QED) is 0.547. The van der Waals surface area contributed by atoms with E-state index in [-0.39, 0.29) is 17.2 Å². The molecule has 0 atom stereocenters. The topological polar surface area (TPSA) is 63.5 Å². The van der Waals surface area contributed by atoms with Crippen molar-refractivity contribution < 1.29 is 9.72 Å². The van der Waals surface area contributed by atoms with Gasteiger partial charge in [0.15, 0.2) is 0 Å². The standard InChI is InChI=1S/C10H12N2O3/c1-7-4-5-9(12(14)15)8(6-7)10(13)11(2)3/h4-6H,1-3H3. The Balaban J connectivity index is 3.30. The van der Waals surface area contributed by atoms with Crippen LogP contribution in [-0.4, -0.2) is 29.8 Å². The number of hydrogen-bond donors (Lipinski definition) is 0. The van der Waals surface area contributed by atoms with Crippen molar-refractivity contribution in [3.05, 3.63) is 39.4 Å². The third-order valence-corrected chi connectivity index (χ3v) is 1.99. The predicted molar refractivity (Wildman–Crippen MR) is 55.9 cm³/mol. The number of aryl methyl sites for hydroxylation is 1. The molecule has 5 nitrogen and oxygen atoms in total. The van der Waals surface area contributed by atoms with Crippen LogP contribution in [0.5, 0.6) is 0 Å². The summed E-state index contributed by atoms with van der Waals surface area (Å²) in [5.74, 6) is -0.356. The summed E-state index contributed by atoms with van der Waals surface area (Å²) < 4.78 is 0. The lowest BCUT2D eigenvalue weighted by molar-refractivity contribution is -0.385. The minimum atomic E-state index is -0.545. The first-order valence-electron chi connectivity index (χ1n) is 4.40. The number of benzene rings is 1. The fourth-order valence-electron chi connectivity index (χ4n) is 1.22. The van der Waals surface area contributed by atoms with Gasteiger partial charge in [0.25, 0.3) is 11.6 Å². The average molecular weight is 208 g/mol. The molecular weight excluding hydrogens is 196 g/mol. The molecule has 0 saturated carbocycles. The second-order valence-electron chi connectivity index (χ2n) is 3.48. The molecule has 0 radical (unpaired) electrons. The fraction of sp³-hybridized carbons (Fsp3) is 0.300. The molecule has 5 heteroatoms. The first-order chi connectivity index (χ1) is 6.93. The highest BCUT2D eigenvalue weighted by Crippen LogP contribution is 2.20. The Morgan fingerprint density at radius 1 is 1.40 bits per heavy atom. The summed E-state index contributed by atoms with van der Waals surface area (Å²) in [5, 5.41) is 10.7. The van der Waals surface area contributed by atoms with Crippen molar-refractivity contribution in [2.24, 2.45) is 0 Å². The number of carbonyl (C=O) groups is 1. The van der Waals surface area contributed by atoms with Crippen molar-refractivity contribution in [2.75, 3.05) is 14.1 Å².